The van der Waals surface area contributed by atoms with Gasteiger partial charge in [-0.25, -0.2) is 16.8 Å². The van der Waals surface area contributed by atoms with Crippen molar-refractivity contribution in [2.75, 3.05) is 66.7 Å². The first kappa shape index (κ1) is 52.7. The monoisotopic (exact) mass is 899 g/mol. The van der Waals surface area contributed by atoms with Crippen LogP contribution < -0.4 is 0 Å². The Kier molecular flexibility index (Phi) is 16.6. The average molecular weight is 900 g/mol. The third-order valence-electron chi connectivity index (χ3n) is 6.02. The van der Waals surface area contributed by atoms with Crippen LogP contribution in [0.2, 0.25) is 0 Å². The summed E-state index contributed by atoms with van der Waals surface area (Å²) in [4.78, 5) is 4.53. The van der Waals surface area contributed by atoms with Crippen molar-refractivity contribution in [1.29, 1.82) is 0 Å². The second kappa shape index (κ2) is 16.4. The van der Waals surface area contributed by atoms with Crippen LogP contribution in [-0.4, -0.2) is 151 Å². The van der Waals surface area contributed by atoms with E-state index in [4.69, 9.17) is 9.47 Å². The van der Waals surface area contributed by atoms with Gasteiger partial charge in [0.1, 0.15) is 19.7 Å². The number of hydrogen-bond donors (Lipinski definition) is 0. The van der Waals surface area contributed by atoms with Gasteiger partial charge in [0.05, 0.1) is 30.3 Å². The van der Waals surface area contributed by atoms with Crippen LogP contribution in [0, 0.1) is 3.91 Å². The van der Waals surface area contributed by atoms with Crippen LogP contribution in [0.15, 0.2) is 0 Å². The molecular weight excluding hydrogens is 870 g/mol. The van der Waals surface area contributed by atoms with E-state index in [0.29, 0.717) is 0 Å². The Hall–Kier alpha value is -1.36. The summed E-state index contributed by atoms with van der Waals surface area (Å²) in [6.07, 6.45) is 0. The van der Waals surface area contributed by atoms with Crippen LogP contribution in [0.1, 0.15) is 14.9 Å². The molecule has 316 valence electrons. The number of likely N-dealkylation sites (N-methyl/N-ethyl adjacent to an activating group) is 2. The molecule has 0 bridgehead atoms. The van der Waals surface area contributed by atoms with E-state index in [9.17, 15) is 99.2 Å². The number of morpholine rings is 2. The molecule has 0 atom stereocenters. The number of alkyl halides is 13. The Balaban J connectivity index is 0. The Morgan fingerprint density at radius 2 is 0.827 bits per heavy atom. The van der Waals surface area contributed by atoms with Gasteiger partial charge in [0.15, 0.2) is 29.9 Å². The molecule has 4 rings (SSSR count). The van der Waals surface area contributed by atoms with Crippen molar-refractivity contribution < 1.29 is 109 Å². The molecule has 0 spiro atoms. The Labute approximate surface area is 289 Å². The molecule has 4 heterocycles. The van der Waals surface area contributed by atoms with E-state index in [-0.39, 0.29) is 14.9 Å². The molecule has 0 radical (unpaired) electrons. The fraction of sp³-hybridized carbons (Fsp3) is 0.947. The third kappa shape index (κ3) is 9.02. The number of rotatable bonds is 1. The largest absolute Gasteiger partial charge is 0.470 e. The first-order valence-electron chi connectivity index (χ1n) is 12.2. The van der Waals surface area contributed by atoms with E-state index in [1.165, 1.54) is 0 Å². The maximum absolute atomic E-state index is 12.8. The first-order valence-corrected chi connectivity index (χ1v) is 19.5. The zero-order chi connectivity index (χ0) is 40.0. The summed E-state index contributed by atoms with van der Waals surface area (Å²) in [6.45, 7) is 8.04. The summed E-state index contributed by atoms with van der Waals surface area (Å²) in [7, 11) is -30.9. The van der Waals surface area contributed by atoms with Crippen LogP contribution in [0.4, 0.5) is 57.1 Å². The molecular formula is C19H30F13N3O12S5-2. The Morgan fingerprint density at radius 1 is 0.577 bits per heavy atom. The number of halogens is 13. The summed E-state index contributed by atoms with van der Waals surface area (Å²) in [5.41, 5.74) is -6.68. The van der Waals surface area contributed by atoms with Gasteiger partial charge in [-0.2, -0.15) is 57.1 Å². The SMILES string of the molecule is C.C.CN1CCOCC1.CN1CCOCC1.O=S(=O)([C-]1S(=O)(=O)C(F)(F)C(F)(F)S1(=O)=O)C(F)(F)F.O=S1(=O)[N-]S(=O)(=O)C(F)(F)C(F)(F)C1(F)F. The molecule has 15 nitrogen and oxygen atoms in total. The van der Waals surface area contributed by atoms with Gasteiger partial charge in [0.2, 0.25) is 0 Å². The van der Waals surface area contributed by atoms with Crippen LogP contribution in [0.25, 0.3) is 4.13 Å². The lowest BCUT2D eigenvalue weighted by Gasteiger charge is -2.42. The molecule has 0 aromatic heterocycles. The fourth-order valence-corrected chi connectivity index (χ4v) is 13.0. The zero-order valence-corrected chi connectivity index (χ0v) is 28.4. The summed E-state index contributed by atoms with van der Waals surface area (Å²) < 4.78 is 275. The molecule has 4 aliphatic heterocycles. The van der Waals surface area contributed by atoms with Crippen molar-refractivity contribution in [2.24, 2.45) is 0 Å². The molecule has 0 N–H and O–H groups in total. The number of sulfonamides is 2. The summed E-state index contributed by atoms with van der Waals surface area (Å²) in [5.74, 6) is -6.60. The van der Waals surface area contributed by atoms with E-state index in [1.807, 2.05) is 0 Å². The normalized spacial score (nSPS) is 27.9. The first-order chi connectivity index (χ1) is 21.9. The van der Waals surface area contributed by atoms with Crippen molar-refractivity contribution in [2.45, 2.75) is 47.3 Å². The maximum atomic E-state index is 12.8. The minimum atomic E-state index is -7.45. The Bertz CT molecular complexity index is 1670. The highest BCUT2D eigenvalue weighted by Gasteiger charge is 2.82. The zero-order valence-electron chi connectivity index (χ0n) is 24.4. The summed E-state index contributed by atoms with van der Waals surface area (Å²) in [6, 6.07) is 0. The van der Waals surface area contributed by atoms with Crippen LogP contribution in [-0.2, 0) is 59.0 Å². The van der Waals surface area contributed by atoms with Gasteiger partial charge in [-0.05, 0) is 14.1 Å². The molecule has 0 aromatic carbocycles. The van der Waals surface area contributed by atoms with Gasteiger partial charge in [-0.3, -0.25) is 25.3 Å². The van der Waals surface area contributed by atoms with Gasteiger partial charge in [-0.15, -0.1) is 0 Å². The minimum absolute atomic E-state index is 0. The van der Waals surface area contributed by atoms with Crippen molar-refractivity contribution >= 4 is 49.6 Å². The van der Waals surface area contributed by atoms with Crippen molar-refractivity contribution in [1.82, 2.24) is 9.80 Å². The van der Waals surface area contributed by atoms with E-state index in [0.717, 1.165) is 56.7 Å². The van der Waals surface area contributed by atoms with E-state index >= 15 is 0 Å². The molecule has 33 heteroatoms. The molecule has 0 aliphatic carbocycles. The van der Waals surface area contributed by atoms with Crippen LogP contribution in [0.5, 0.6) is 0 Å². The second-order valence-electron chi connectivity index (χ2n) is 9.70. The number of sulfone groups is 3. The molecule has 0 aromatic rings. The predicted octanol–water partition coefficient (Wildman–Crippen LogP) is 2.42. The number of nitrogens with zero attached hydrogens (tertiary/aromatic N) is 3. The van der Waals surface area contributed by atoms with E-state index in [2.05, 4.69) is 23.9 Å². The summed E-state index contributed by atoms with van der Waals surface area (Å²) in [5, 5.41) is -25.7. The van der Waals surface area contributed by atoms with Crippen molar-refractivity contribution in [3.63, 3.8) is 0 Å². The molecule has 4 saturated heterocycles. The van der Waals surface area contributed by atoms with Crippen LogP contribution >= 0.6 is 0 Å². The highest BCUT2D eigenvalue weighted by molar-refractivity contribution is 8.31. The van der Waals surface area contributed by atoms with E-state index < -0.39 is 85.9 Å². The molecule has 4 aliphatic rings. The molecule has 0 amide bonds. The van der Waals surface area contributed by atoms with Gasteiger partial charge >= 0.3 is 32.4 Å². The Morgan fingerprint density at radius 3 is 1.02 bits per heavy atom. The van der Waals surface area contributed by atoms with Gasteiger partial charge in [0, 0.05) is 26.2 Å². The fourth-order valence-electron chi connectivity index (χ4n) is 3.08. The second-order valence-corrected chi connectivity index (χ2v) is 19.7. The molecule has 52 heavy (non-hydrogen) atoms. The van der Waals surface area contributed by atoms with Gasteiger partial charge in [-0.1, -0.05) is 14.9 Å². The van der Waals surface area contributed by atoms with Crippen molar-refractivity contribution in [3.8, 4) is 0 Å². The average Bonchev–Trinajstić information content (AvgIpc) is 2.99. The highest BCUT2D eigenvalue weighted by atomic mass is 32.3. The highest BCUT2D eigenvalue weighted by Crippen LogP contribution is 2.60. The summed E-state index contributed by atoms with van der Waals surface area (Å²) >= 11 is 0. The molecule has 0 unspecified atom stereocenters. The topological polar surface area (TPSA) is 210 Å². The lowest BCUT2D eigenvalue weighted by atomic mass is 10.3. The maximum Gasteiger partial charge on any atom is 0.470 e. The number of hydrogen-bond acceptors (Lipinski definition) is 14. The standard InChI is InChI=1S/2C5H11NO.C4F7O6S3.C3F6NO4S2.2CH4/c2*1-6-2-4-7-5-3-6;5-2(6)3(7,8)19(14,15)1(18(2,12)13)20(16,17)4(9,10)11;4-1(5)2(6,7)15(11,12)10-16(13,14)3(1,8)9;;/h2*2-5H2,1H3;;;2*1H4/q;;2*-1;;. The van der Waals surface area contributed by atoms with Crippen LogP contribution in [0.3, 0.4) is 0 Å². The predicted molar refractivity (Wildman–Crippen MR) is 152 cm³/mol. The number of ether oxygens (including phenoxy) is 2. The molecule has 0 saturated carbocycles. The lowest BCUT2D eigenvalue weighted by Crippen LogP contribution is -2.64. The third-order valence-corrected chi connectivity index (χ3v) is 17.3. The van der Waals surface area contributed by atoms with Crippen molar-refractivity contribution in [3.05, 3.63) is 8.04 Å². The van der Waals surface area contributed by atoms with Gasteiger partial charge in [0.25, 0.3) is 0 Å². The quantitative estimate of drug-likeness (QED) is 0.274. The smallest absolute Gasteiger partial charge is 0.425 e. The lowest BCUT2D eigenvalue weighted by molar-refractivity contribution is -0.244. The molecule has 4 fully saturated rings. The van der Waals surface area contributed by atoms with Gasteiger partial charge < -0.3 is 23.4 Å². The van der Waals surface area contributed by atoms with E-state index in [1.54, 1.807) is 0 Å². The minimum Gasteiger partial charge on any atom is -0.425 e.